The number of thiazole rings is 1. The van der Waals surface area contributed by atoms with E-state index in [4.69, 9.17) is 11.6 Å². The van der Waals surface area contributed by atoms with Crippen molar-refractivity contribution >= 4 is 22.9 Å². The molecule has 3 nitrogen and oxygen atoms in total. The Morgan fingerprint density at radius 2 is 2.20 bits per heavy atom. The fourth-order valence-corrected chi connectivity index (χ4v) is 3.63. The van der Waals surface area contributed by atoms with E-state index >= 15 is 0 Å². The molecule has 2 aliphatic heterocycles. The maximum absolute atomic E-state index is 5.87. The van der Waals surface area contributed by atoms with E-state index in [1.165, 1.54) is 26.2 Å². The van der Waals surface area contributed by atoms with Gasteiger partial charge in [-0.15, -0.1) is 11.3 Å². The van der Waals surface area contributed by atoms with Crippen molar-refractivity contribution in [3.05, 3.63) is 15.5 Å². The lowest BCUT2D eigenvalue weighted by atomic mass is 10.0. The molecule has 82 valence electrons. The first-order valence-electron chi connectivity index (χ1n) is 5.34. The summed E-state index contributed by atoms with van der Waals surface area (Å²) in [4.78, 5) is 6.81. The first kappa shape index (κ1) is 10.0. The molecule has 2 aliphatic rings. The Labute approximate surface area is 98.4 Å². The van der Waals surface area contributed by atoms with Crippen LogP contribution in [0.15, 0.2) is 6.20 Å². The topological polar surface area (TPSA) is 28.2 Å². The number of nitrogens with zero attached hydrogens (tertiary/aromatic N) is 2. The van der Waals surface area contributed by atoms with Crippen LogP contribution in [0.4, 0.5) is 0 Å². The zero-order chi connectivity index (χ0) is 10.3. The fourth-order valence-electron chi connectivity index (χ4n) is 2.63. The maximum Gasteiger partial charge on any atom is 0.113 e. The lowest BCUT2D eigenvalue weighted by molar-refractivity contribution is 0.305. The summed E-state index contributed by atoms with van der Waals surface area (Å²) in [6, 6.07) is 0. The molecule has 0 amide bonds. The number of aromatic nitrogens is 1. The Morgan fingerprint density at radius 3 is 2.80 bits per heavy atom. The zero-order valence-electron chi connectivity index (χ0n) is 8.45. The normalized spacial score (nSPS) is 31.0. The van der Waals surface area contributed by atoms with Crippen molar-refractivity contribution in [1.29, 1.82) is 0 Å². The van der Waals surface area contributed by atoms with E-state index in [1.807, 2.05) is 0 Å². The van der Waals surface area contributed by atoms with Gasteiger partial charge in [-0.25, -0.2) is 4.98 Å². The molecule has 0 saturated carbocycles. The number of hydrogen-bond acceptors (Lipinski definition) is 4. The quantitative estimate of drug-likeness (QED) is 0.852. The molecule has 2 saturated heterocycles. The summed E-state index contributed by atoms with van der Waals surface area (Å²) in [6.45, 7) is 5.80. The lowest BCUT2D eigenvalue weighted by Gasteiger charge is -2.14. The zero-order valence-corrected chi connectivity index (χ0v) is 10.0. The Kier molecular flexibility index (Phi) is 2.68. The average Bonchev–Trinajstić information content (AvgIpc) is 2.81. The smallest absolute Gasteiger partial charge is 0.113 e. The minimum Gasteiger partial charge on any atom is -0.316 e. The monoisotopic (exact) mass is 243 g/mol. The summed E-state index contributed by atoms with van der Waals surface area (Å²) in [6.07, 6.45) is 1.75. The molecule has 0 spiro atoms. The Morgan fingerprint density at radius 1 is 1.47 bits per heavy atom. The first-order chi connectivity index (χ1) is 7.31. The third kappa shape index (κ3) is 2.04. The van der Waals surface area contributed by atoms with Gasteiger partial charge < -0.3 is 5.32 Å². The second-order valence-electron chi connectivity index (χ2n) is 4.43. The molecule has 5 heteroatoms. The van der Waals surface area contributed by atoms with Crippen LogP contribution in [0.3, 0.4) is 0 Å². The molecule has 2 unspecified atom stereocenters. The van der Waals surface area contributed by atoms with Gasteiger partial charge in [0, 0.05) is 13.1 Å². The van der Waals surface area contributed by atoms with Crippen LogP contribution >= 0.6 is 22.9 Å². The van der Waals surface area contributed by atoms with E-state index < -0.39 is 0 Å². The van der Waals surface area contributed by atoms with E-state index in [9.17, 15) is 0 Å². The van der Waals surface area contributed by atoms with Crippen molar-refractivity contribution in [2.75, 3.05) is 26.2 Å². The van der Waals surface area contributed by atoms with Gasteiger partial charge >= 0.3 is 0 Å². The fraction of sp³-hybridized carbons (Fsp3) is 0.700. The van der Waals surface area contributed by atoms with Crippen molar-refractivity contribution in [2.24, 2.45) is 11.8 Å². The van der Waals surface area contributed by atoms with E-state index in [2.05, 4.69) is 15.2 Å². The molecule has 1 aromatic heterocycles. The van der Waals surface area contributed by atoms with Crippen LogP contribution in [0, 0.1) is 11.8 Å². The molecule has 0 aliphatic carbocycles. The van der Waals surface area contributed by atoms with Crippen LogP contribution < -0.4 is 5.32 Å². The largest absolute Gasteiger partial charge is 0.316 e. The summed E-state index contributed by atoms with van der Waals surface area (Å²) < 4.78 is 0.797. The molecule has 3 rings (SSSR count). The summed E-state index contributed by atoms with van der Waals surface area (Å²) in [7, 11) is 0. The van der Waals surface area contributed by atoms with E-state index in [0.29, 0.717) is 0 Å². The van der Waals surface area contributed by atoms with Crippen LogP contribution in [-0.4, -0.2) is 36.1 Å². The maximum atomic E-state index is 5.87. The highest BCUT2D eigenvalue weighted by atomic mass is 35.5. The third-order valence-electron chi connectivity index (χ3n) is 3.35. The number of halogens is 1. The summed E-state index contributed by atoms with van der Waals surface area (Å²) in [5.74, 6) is 1.72. The van der Waals surface area contributed by atoms with E-state index in [-0.39, 0.29) is 0 Å². The Balaban J connectivity index is 1.61. The molecule has 1 aromatic rings. The van der Waals surface area contributed by atoms with E-state index in [1.54, 1.807) is 17.5 Å². The summed E-state index contributed by atoms with van der Waals surface area (Å²) in [5, 5.41) is 4.60. The minimum atomic E-state index is 0.797. The standard InChI is InChI=1S/C10H14ClN3S/c11-9-3-13-10(15-9)6-14-4-7-1-12-2-8(7)5-14/h3,7-8,12H,1-2,4-6H2. The van der Waals surface area contributed by atoms with Gasteiger partial charge in [0.2, 0.25) is 0 Å². The van der Waals surface area contributed by atoms with Gasteiger partial charge in [-0.1, -0.05) is 11.6 Å². The molecular formula is C10H14ClN3S. The van der Waals surface area contributed by atoms with Crippen LogP contribution in [-0.2, 0) is 6.54 Å². The lowest BCUT2D eigenvalue weighted by Crippen LogP contribution is -2.25. The van der Waals surface area contributed by atoms with Gasteiger partial charge in [0.05, 0.1) is 12.7 Å². The predicted molar refractivity (Wildman–Crippen MR) is 62.3 cm³/mol. The molecule has 1 N–H and O–H groups in total. The molecule has 15 heavy (non-hydrogen) atoms. The van der Waals surface area contributed by atoms with Crippen molar-refractivity contribution in [2.45, 2.75) is 6.54 Å². The van der Waals surface area contributed by atoms with Crippen molar-refractivity contribution in [1.82, 2.24) is 15.2 Å². The number of hydrogen-bond donors (Lipinski definition) is 1. The van der Waals surface area contributed by atoms with E-state index in [0.717, 1.165) is 27.7 Å². The average molecular weight is 244 g/mol. The van der Waals surface area contributed by atoms with Crippen LogP contribution in [0.5, 0.6) is 0 Å². The predicted octanol–water partition coefficient (Wildman–Crippen LogP) is 1.45. The van der Waals surface area contributed by atoms with Gasteiger partial charge in [0.1, 0.15) is 9.34 Å². The molecule has 0 radical (unpaired) electrons. The van der Waals surface area contributed by atoms with Crippen molar-refractivity contribution in [3.8, 4) is 0 Å². The van der Waals surface area contributed by atoms with Crippen LogP contribution in [0.1, 0.15) is 5.01 Å². The number of likely N-dealkylation sites (tertiary alicyclic amines) is 1. The van der Waals surface area contributed by atoms with Gasteiger partial charge in [-0.2, -0.15) is 0 Å². The van der Waals surface area contributed by atoms with Gasteiger partial charge in [0.25, 0.3) is 0 Å². The van der Waals surface area contributed by atoms with Gasteiger partial charge in [-0.3, -0.25) is 4.90 Å². The van der Waals surface area contributed by atoms with Crippen molar-refractivity contribution < 1.29 is 0 Å². The summed E-state index contributed by atoms with van der Waals surface area (Å²) >= 11 is 7.47. The second kappa shape index (κ2) is 4.01. The Bertz CT molecular complexity index is 342. The van der Waals surface area contributed by atoms with Crippen LogP contribution in [0.2, 0.25) is 4.34 Å². The number of rotatable bonds is 2. The van der Waals surface area contributed by atoms with Crippen LogP contribution in [0.25, 0.3) is 0 Å². The first-order valence-corrected chi connectivity index (χ1v) is 6.54. The highest BCUT2D eigenvalue weighted by Gasteiger charge is 2.35. The van der Waals surface area contributed by atoms with Gasteiger partial charge in [0.15, 0.2) is 0 Å². The SMILES string of the molecule is Clc1cnc(CN2CC3CNCC3C2)s1. The number of fused-ring (bicyclic) bond motifs is 1. The Hall–Kier alpha value is -0.160. The molecule has 0 bridgehead atoms. The number of nitrogens with one attached hydrogen (secondary N) is 1. The molecular weight excluding hydrogens is 230 g/mol. The molecule has 2 atom stereocenters. The summed E-state index contributed by atoms with van der Waals surface area (Å²) in [5.41, 5.74) is 0. The second-order valence-corrected chi connectivity index (χ2v) is 6.18. The third-order valence-corrected chi connectivity index (χ3v) is 4.45. The molecule has 3 heterocycles. The highest BCUT2D eigenvalue weighted by Crippen LogP contribution is 2.28. The molecule has 0 aromatic carbocycles. The highest BCUT2D eigenvalue weighted by molar-refractivity contribution is 7.15. The minimum absolute atomic E-state index is 0.797. The van der Waals surface area contributed by atoms with Gasteiger partial charge in [-0.05, 0) is 24.9 Å². The molecule has 2 fully saturated rings. The van der Waals surface area contributed by atoms with Crippen molar-refractivity contribution in [3.63, 3.8) is 0 Å².